The third kappa shape index (κ3) is 3.51. The van der Waals surface area contributed by atoms with E-state index in [4.69, 9.17) is 5.73 Å². The average Bonchev–Trinajstić information content (AvgIpc) is 3.11. The van der Waals surface area contributed by atoms with Gasteiger partial charge in [0.25, 0.3) is 11.8 Å². The molecule has 32 heavy (non-hydrogen) atoms. The fourth-order valence-electron chi connectivity index (χ4n) is 7.29. The van der Waals surface area contributed by atoms with Crippen molar-refractivity contribution in [3.8, 4) is 0 Å². The maximum absolute atomic E-state index is 13.4. The van der Waals surface area contributed by atoms with Gasteiger partial charge in [-0.1, -0.05) is 19.9 Å². The molecule has 2 aromatic rings. The number of carbonyl (C=O) groups excluding carboxylic acids is 2. The fourth-order valence-corrected chi connectivity index (χ4v) is 7.29. The minimum Gasteiger partial charge on any atom is -0.396 e. The second-order valence-corrected chi connectivity index (χ2v) is 10.9. The molecule has 1 atom stereocenters. The summed E-state index contributed by atoms with van der Waals surface area (Å²) in [6.45, 7) is 4.49. The van der Waals surface area contributed by atoms with Crippen LogP contribution in [0.1, 0.15) is 85.0 Å². The van der Waals surface area contributed by atoms with Gasteiger partial charge >= 0.3 is 0 Å². The second-order valence-electron chi connectivity index (χ2n) is 10.9. The largest absolute Gasteiger partial charge is 0.396 e. The number of imidazole rings is 1. The summed E-state index contributed by atoms with van der Waals surface area (Å²) in [7, 11) is 0. The summed E-state index contributed by atoms with van der Waals surface area (Å²) in [5, 5.41) is 13.3. The van der Waals surface area contributed by atoms with E-state index in [2.05, 4.69) is 10.3 Å². The summed E-state index contributed by atoms with van der Waals surface area (Å²) in [5.74, 6) is 1.36. The van der Waals surface area contributed by atoms with Crippen molar-refractivity contribution >= 4 is 17.5 Å². The Hall–Kier alpha value is -2.41. The van der Waals surface area contributed by atoms with Crippen molar-refractivity contribution in [1.29, 1.82) is 0 Å². The maximum Gasteiger partial charge on any atom is 0.269 e. The van der Waals surface area contributed by atoms with Gasteiger partial charge in [-0.05, 0) is 79.7 Å². The zero-order chi connectivity index (χ0) is 22.6. The molecule has 4 aliphatic rings. The second kappa shape index (κ2) is 7.87. The Labute approximate surface area is 188 Å². The van der Waals surface area contributed by atoms with Crippen molar-refractivity contribution in [3.05, 3.63) is 35.3 Å². The summed E-state index contributed by atoms with van der Waals surface area (Å²) in [4.78, 5) is 30.0. The van der Waals surface area contributed by atoms with E-state index < -0.39 is 5.91 Å². The van der Waals surface area contributed by atoms with E-state index in [9.17, 15) is 14.7 Å². The highest BCUT2D eigenvalue weighted by Crippen LogP contribution is 2.59. The van der Waals surface area contributed by atoms with Crippen LogP contribution in [0.2, 0.25) is 0 Å². The van der Waals surface area contributed by atoms with Crippen molar-refractivity contribution < 1.29 is 14.7 Å². The molecule has 0 saturated heterocycles. The Morgan fingerprint density at radius 2 is 1.81 bits per heavy atom. The molecule has 4 N–H and O–H groups in total. The number of hydrogen-bond acceptors (Lipinski definition) is 4. The number of aliphatic hydroxyl groups is 1. The van der Waals surface area contributed by atoms with Crippen LogP contribution in [-0.4, -0.2) is 39.5 Å². The smallest absolute Gasteiger partial charge is 0.269 e. The number of primary amides is 1. The Morgan fingerprint density at radius 3 is 2.34 bits per heavy atom. The summed E-state index contributed by atoms with van der Waals surface area (Å²) in [6.07, 6.45) is 7.80. The lowest BCUT2D eigenvalue weighted by Gasteiger charge is -2.56. The quantitative estimate of drug-likeness (QED) is 0.617. The van der Waals surface area contributed by atoms with Gasteiger partial charge in [-0.25, -0.2) is 4.98 Å². The van der Waals surface area contributed by atoms with Crippen LogP contribution in [0.15, 0.2) is 18.2 Å². The lowest BCUT2D eigenvalue weighted by molar-refractivity contribution is -0.0503. The molecule has 0 aromatic carbocycles. The van der Waals surface area contributed by atoms with E-state index in [1.165, 1.54) is 38.5 Å². The predicted octanol–water partition coefficient (Wildman–Crippen LogP) is 3.11. The van der Waals surface area contributed by atoms with Crippen LogP contribution >= 0.6 is 0 Å². The third-order valence-electron chi connectivity index (χ3n) is 8.29. The maximum atomic E-state index is 13.4. The molecule has 172 valence electrons. The first-order valence-electron chi connectivity index (χ1n) is 12.0. The number of amides is 2. The minimum atomic E-state index is -0.650. The average molecular weight is 439 g/mol. The van der Waals surface area contributed by atoms with Crippen LogP contribution in [0.5, 0.6) is 0 Å². The number of nitrogens with two attached hydrogens (primary N) is 1. The first-order valence-corrected chi connectivity index (χ1v) is 12.0. The molecule has 7 heteroatoms. The number of fused-ring (bicyclic) bond motifs is 1. The number of hydrogen-bond donors (Lipinski definition) is 3. The Kier molecular flexibility index (Phi) is 5.27. The van der Waals surface area contributed by atoms with Crippen LogP contribution < -0.4 is 11.1 Å². The number of nitrogens with one attached hydrogen (secondary N) is 1. The van der Waals surface area contributed by atoms with Gasteiger partial charge in [0.1, 0.15) is 11.3 Å². The van der Waals surface area contributed by atoms with Gasteiger partial charge in [0, 0.05) is 12.5 Å². The van der Waals surface area contributed by atoms with Crippen LogP contribution in [0.4, 0.5) is 0 Å². The molecule has 2 heterocycles. The van der Waals surface area contributed by atoms with Crippen molar-refractivity contribution in [2.45, 2.75) is 58.3 Å². The lowest BCUT2D eigenvalue weighted by atomic mass is 9.49. The van der Waals surface area contributed by atoms with Crippen molar-refractivity contribution in [2.75, 3.05) is 13.2 Å². The van der Waals surface area contributed by atoms with Gasteiger partial charge in [0.2, 0.25) is 0 Å². The number of pyridine rings is 1. The van der Waals surface area contributed by atoms with E-state index in [0.29, 0.717) is 23.6 Å². The first-order chi connectivity index (χ1) is 15.3. The highest BCUT2D eigenvalue weighted by molar-refractivity contribution is 5.96. The van der Waals surface area contributed by atoms with Gasteiger partial charge in [0.05, 0.1) is 12.3 Å². The number of rotatable bonds is 7. The number of nitrogens with zero attached hydrogens (tertiary/aromatic N) is 2. The molecule has 0 radical (unpaired) electrons. The number of aliphatic hydroxyl groups excluding tert-OH is 1. The Balaban J connectivity index is 1.47. The van der Waals surface area contributed by atoms with E-state index in [1.807, 2.05) is 13.8 Å². The summed E-state index contributed by atoms with van der Waals surface area (Å²) in [6, 6.07) is 5.30. The van der Waals surface area contributed by atoms with E-state index >= 15 is 0 Å². The van der Waals surface area contributed by atoms with E-state index in [-0.39, 0.29) is 35.5 Å². The van der Waals surface area contributed by atoms with Crippen molar-refractivity contribution in [3.63, 3.8) is 0 Å². The van der Waals surface area contributed by atoms with E-state index in [0.717, 1.165) is 17.8 Å². The topological polar surface area (TPSA) is 110 Å². The van der Waals surface area contributed by atoms with Gasteiger partial charge in [-0.3, -0.25) is 14.0 Å². The van der Waals surface area contributed by atoms with Crippen LogP contribution in [-0.2, 0) is 0 Å². The molecule has 0 spiro atoms. The SMILES string of the molecule is CC(C)[C@@H](CO)c1c(C(N)=O)nc2cccc(C(=O)NCC34CC5CC(CC(C5)C3)C4)n12. The van der Waals surface area contributed by atoms with Crippen LogP contribution in [0, 0.1) is 29.1 Å². The highest BCUT2D eigenvalue weighted by Gasteiger charge is 2.50. The Morgan fingerprint density at radius 1 is 1.19 bits per heavy atom. The van der Waals surface area contributed by atoms with Crippen LogP contribution in [0.3, 0.4) is 0 Å². The Bertz CT molecular complexity index is 1020. The van der Waals surface area contributed by atoms with Crippen molar-refractivity contribution in [2.24, 2.45) is 34.8 Å². The third-order valence-corrected chi connectivity index (χ3v) is 8.29. The molecule has 4 fully saturated rings. The van der Waals surface area contributed by atoms with Gasteiger partial charge in [-0.15, -0.1) is 0 Å². The lowest BCUT2D eigenvalue weighted by Crippen LogP contribution is -2.51. The fraction of sp³-hybridized carbons (Fsp3) is 0.640. The molecular formula is C25H34N4O3. The zero-order valence-corrected chi connectivity index (χ0v) is 19.0. The van der Waals surface area contributed by atoms with Gasteiger partial charge in [0.15, 0.2) is 5.69 Å². The minimum absolute atomic E-state index is 0.0427. The molecule has 2 amide bonds. The highest BCUT2D eigenvalue weighted by atomic mass is 16.3. The number of aromatic nitrogens is 2. The predicted molar refractivity (Wildman–Crippen MR) is 121 cm³/mol. The molecular weight excluding hydrogens is 404 g/mol. The first kappa shape index (κ1) is 21.4. The normalized spacial score (nSPS) is 29.6. The van der Waals surface area contributed by atoms with E-state index in [1.54, 1.807) is 22.6 Å². The molecule has 0 aliphatic heterocycles. The zero-order valence-electron chi connectivity index (χ0n) is 19.0. The monoisotopic (exact) mass is 438 g/mol. The van der Waals surface area contributed by atoms with Crippen molar-refractivity contribution in [1.82, 2.24) is 14.7 Å². The molecule has 0 unspecified atom stereocenters. The standard InChI is InChI=1S/C25H34N4O3/c1-14(2)18(12-30)22-21(23(26)31)28-20-5-3-4-19(29(20)22)24(32)27-13-25-9-15-6-16(10-25)8-17(7-15)11-25/h3-5,14-18,30H,6-13H2,1-2H3,(H2,26,31)(H,27,32)/t15?,16?,17?,18-,25?/m1/s1. The van der Waals surface area contributed by atoms with Gasteiger partial charge in [-0.2, -0.15) is 0 Å². The molecule has 2 aromatic heterocycles. The number of carbonyl (C=O) groups is 2. The molecule has 7 nitrogen and oxygen atoms in total. The van der Waals surface area contributed by atoms with Crippen LogP contribution in [0.25, 0.3) is 5.65 Å². The molecule has 4 saturated carbocycles. The summed E-state index contributed by atoms with van der Waals surface area (Å²) >= 11 is 0. The molecule has 4 aliphatic carbocycles. The van der Waals surface area contributed by atoms with Gasteiger partial charge < -0.3 is 16.2 Å². The summed E-state index contributed by atoms with van der Waals surface area (Å²) in [5.41, 5.74) is 7.44. The summed E-state index contributed by atoms with van der Waals surface area (Å²) < 4.78 is 1.72. The molecule has 6 rings (SSSR count). The molecule has 4 bridgehead atoms.